The van der Waals surface area contributed by atoms with E-state index in [0.29, 0.717) is 104 Å². The van der Waals surface area contributed by atoms with Gasteiger partial charge in [-0.1, -0.05) is 24.3 Å². The van der Waals surface area contributed by atoms with E-state index in [1.807, 2.05) is 31.2 Å². The minimum absolute atomic E-state index is 0.00578. The Balaban J connectivity index is 0.000000223. The molecule has 1 N–H and O–H groups in total. The summed E-state index contributed by atoms with van der Waals surface area (Å²) < 4.78 is 81.4. The summed E-state index contributed by atoms with van der Waals surface area (Å²) in [5.74, 6) is -2.23. The van der Waals surface area contributed by atoms with E-state index in [-0.39, 0.29) is 47.3 Å². The molecule has 0 saturated carbocycles. The Labute approximate surface area is 418 Å². The lowest BCUT2D eigenvalue weighted by molar-refractivity contribution is -0.191. The minimum Gasteiger partial charge on any atom is -0.391 e. The molecule has 0 spiro atoms. The normalized spacial score (nSPS) is 15.4. The van der Waals surface area contributed by atoms with Gasteiger partial charge in [0.05, 0.1) is 53.3 Å². The van der Waals surface area contributed by atoms with E-state index >= 15 is 0 Å². The minimum atomic E-state index is -4.74. The largest absolute Gasteiger partial charge is 0.451 e. The van der Waals surface area contributed by atoms with Gasteiger partial charge in [0.2, 0.25) is 11.6 Å². The van der Waals surface area contributed by atoms with E-state index in [1.165, 1.54) is 28.7 Å². The summed E-state index contributed by atoms with van der Waals surface area (Å²) in [6, 6.07) is 24.0. The van der Waals surface area contributed by atoms with Crippen molar-refractivity contribution in [3.8, 4) is 34.7 Å². The molecule has 0 amide bonds. The lowest BCUT2D eigenvalue weighted by Gasteiger charge is -2.25. The molecule has 21 heteroatoms. The predicted octanol–water partition coefficient (Wildman–Crippen LogP) is 10.5. The first-order valence-corrected chi connectivity index (χ1v) is 24.4. The number of hydrogen-bond donors (Lipinski definition) is 1. The maximum absolute atomic E-state index is 13.6. The van der Waals surface area contributed by atoms with Crippen LogP contribution in [-0.2, 0) is 51.0 Å². The number of aryl methyl sites for hydroxylation is 3. The zero-order valence-corrected chi connectivity index (χ0v) is 40.3. The van der Waals surface area contributed by atoms with Gasteiger partial charge in [0, 0.05) is 69.7 Å². The molecule has 2 aromatic carbocycles. The van der Waals surface area contributed by atoms with Crippen LogP contribution in [-0.4, -0.2) is 67.9 Å². The van der Waals surface area contributed by atoms with Crippen molar-refractivity contribution in [1.82, 2.24) is 19.9 Å². The molecule has 6 heterocycles. The van der Waals surface area contributed by atoms with Crippen molar-refractivity contribution in [2.24, 2.45) is 0 Å². The third kappa shape index (κ3) is 14.5. The molecule has 72 heavy (non-hydrogen) atoms. The molecule has 0 bridgehead atoms. The van der Waals surface area contributed by atoms with Crippen LogP contribution >= 0.6 is 22.7 Å². The number of nitriles is 2. The average molecular weight is 1030 g/mol. The van der Waals surface area contributed by atoms with Crippen molar-refractivity contribution in [2.45, 2.75) is 102 Å². The Morgan fingerprint density at radius 1 is 0.667 bits per heavy atom. The van der Waals surface area contributed by atoms with E-state index in [0.717, 1.165) is 16.0 Å². The lowest BCUT2D eigenvalue weighted by Crippen LogP contribution is -2.37. The predicted molar refractivity (Wildman–Crippen MR) is 255 cm³/mol. The standard InChI is InChI=1S/C25H23F3N4O2S.C25H23F3N4OS.CO2/c26-25(27,28)24-30-20(18-11-19(14-33)35-15-18)12-23(31-24)32-10-2-4-21(32)22(34)5-1-3-16-6-8-17(13-29)9-7-16;1-16-12-19(15-34-16)20-13-23(31-24(30-20)25(26,27)28)32-11-3-5-21(32)22(33)6-2-4-17-7-9-18(14-29)10-8-17;2-1-3/h6-9,11-12,15,21,33H,1-5,10,14H2;7-10,12-13,15,21H,2-6,11H2,1H3;/t2*21-;/m00./s1. The lowest BCUT2D eigenvalue weighted by atomic mass is 10.0. The number of aliphatic hydroxyl groups is 1. The molecule has 0 radical (unpaired) electrons. The third-order valence-corrected chi connectivity index (χ3v) is 13.6. The van der Waals surface area contributed by atoms with Crippen LogP contribution in [0.25, 0.3) is 22.5 Å². The van der Waals surface area contributed by atoms with Crippen LogP contribution < -0.4 is 9.80 Å². The van der Waals surface area contributed by atoms with Crippen molar-refractivity contribution in [1.29, 1.82) is 10.5 Å². The fourth-order valence-electron chi connectivity index (χ4n) is 8.40. The van der Waals surface area contributed by atoms with Crippen LogP contribution in [0.1, 0.15) is 95.0 Å². The Morgan fingerprint density at radius 2 is 1.08 bits per heavy atom. The van der Waals surface area contributed by atoms with Gasteiger partial charge in [0.1, 0.15) is 11.6 Å². The highest BCUT2D eigenvalue weighted by atomic mass is 32.1. The maximum Gasteiger partial charge on any atom is 0.451 e. The molecule has 2 aliphatic heterocycles. The molecule has 2 fully saturated rings. The quantitative estimate of drug-likeness (QED) is 0.0956. The second-order valence-corrected chi connectivity index (χ2v) is 18.9. The van der Waals surface area contributed by atoms with Crippen molar-refractivity contribution in [2.75, 3.05) is 22.9 Å². The first-order valence-electron chi connectivity index (χ1n) is 22.7. The molecule has 6 aromatic rings. The summed E-state index contributed by atoms with van der Waals surface area (Å²) in [6.45, 7) is 2.58. The van der Waals surface area contributed by atoms with Gasteiger partial charge in [0.15, 0.2) is 11.6 Å². The Morgan fingerprint density at radius 3 is 1.44 bits per heavy atom. The highest BCUT2D eigenvalue weighted by Crippen LogP contribution is 2.37. The van der Waals surface area contributed by atoms with Gasteiger partial charge < -0.3 is 14.9 Å². The number of hydrogen-bond acceptors (Lipinski definition) is 15. The van der Waals surface area contributed by atoms with Crippen molar-refractivity contribution < 1.29 is 50.6 Å². The number of nitrogens with zero attached hydrogens (tertiary/aromatic N) is 8. The molecule has 8 rings (SSSR count). The number of carbonyl (C=O) groups is 2. The molecule has 2 aliphatic rings. The second-order valence-electron chi connectivity index (χ2n) is 16.8. The zero-order valence-electron chi connectivity index (χ0n) is 38.7. The summed E-state index contributed by atoms with van der Waals surface area (Å²) in [4.78, 5) is 62.3. The van der Waals surface area contributed by atoms with E-state index in [1.54, 1.807) is 63.0 Å². The first-order chi connectivity index (χ1) is 34.4. The Hall–Kier alpha value is -7.16. The fourth-order valence-corrected chi connectivity index (χ4v) is 9.83. The number of anilines is 2. The van der Waals surface area contributed by atoms with Gasteiger partial charge >= 0.3 is 18.5 Å². The van der Waals surface area contributed by atoms with E-state index in [9.17, 15) is 41.0 Å². The van der Waals surface area contributed by atoms with Crippen molar-refractivity contribution >= 4 is 52.0 Å². The van der Waals surface area contributed by atoms with Gasteiger partial charge in [-0.15, -0.1) is 22.7 Å². The third-order valence-electron chi connectivity index (χ3n) is 11.8. The topological polar surface area (TPSA) is 194 Å². The van der Waals surface area contributed by atoms with Gasteiger partial charge in [-0.05, 0) is 106 Å². The first kappa shape index (κ1) is 54.2. The van der Waals surface area contributed by atoms with Gasteiger partial charge in [-0.3, -0.25) is 9.59 Å². The SMILES string of the molecule is Cc1cc(-c2cc(N3CCC[C@H]3C(=O)CCCc3ccc(C#N)cc3)nc(C(F)(F)F)n2)cs1.N#Cc1ccc(CCCC(=O)[C@@H]2CCCN2c2cc(-c3csc(CO)c3)nc(C(F)(F)F)n2)cc1.O=C=O. The van der Waals surface area contributed by atoms with Crippen molar-refractivity contribution in [3.05, 3.63) is 127 Å². The number of carbonyl (C=O) groups excluding carboxylic acids is 4. The summed E-state index contributed by atoms with van der Waals surface area (Å²) in [5.41, 5.74) is 4.62. The van der Waals surface area contributed by atoms with Crippen LogP contribution in [0.15, 0.2) is 83.6 Å². The molecule has 374 valence electrons. The number of halogens is 6. The highest BCUT2D eigenvalue weighted by Gasteiger charge is 2.40. The molecule has 0 unspecified atom stereocenters. The number of benzene rings is 2. The molecule has 13 nitrogen and oxygen atoms in total. The average Bonchev–Trinajstić information content (AvgIpc) is 4.22. The molecule has 0 aliphatic carbocycles. The summed E-state index contributed by atoms with van der Waals surface area (Å²) in [6.07, 6.45) is -3.39. The van der Waals surface area contributed by atoms with Crippen LogP contribution in [0.4, 0.5) is 38.0 Å². The van der Waals surface area contributed by atoms with Gasteiger partial charge in [-0.2, -0.15) is 46.5 Å². The maximum atomic E-state index is 13.6. The van der Waals surface area contributed by atoms with E-state index < -0.39 is 36.1 Å². The number of ketones is 2. The van der Waals surface area contributed by atoms with Crippen molar-refractivity contribution in [3.63, 3.8) is 0 Å². The summed E-state index contributed by atoms with van der Waals surface area (Å²) >= 11 is 2.68. The highest BCUT2D eigenvalue weighted by molar-refractivity contribution is 7.10. The number of thiophene rings is 2. The fraction of sp³-hybridized carbons (Fsp3) is 0.353. The summed E-state index contributed by atoms with van der Waals surface area (Å²) in [5, 5.41) is 30.5. The number of alkyl halides is 6. The summed E-state index contributed by atoms with van der Waals surface area (Å²) in [7, 11) is 0. The number of Topliss-reactive ketones (excluding diaryl/α,β-unsaturated/α-hetero) is 2. The molecular weight excluding hydrogens is 983 g/mol. The number of aromatic nitrogens is 4. The van der Waals surface area contributed by atoms with Gasteiger partial charge in [0.25, 0.3) is 0 Å². The monoisotopic (exact) mass is 1030 g/mol. The van der Waals surface area contributed by atoms with Gasteiger partial charge in [-0.25, -0.2) is 19.9 Å². The molecule has 4 aromatic heterocycles. The van der Waals surface area contributed by atoms with Crippen LogP contribution in [0.3, 0.4) is 0 Å². The van der Waals surface area contributed by atoms with Crippen LogP contribution in [0, 0.1) is 29.6 Å². The van der Waals surface area contributed by atoms with Crippen LogP contribution in [0.5, 0.6) is 0 Å². The second kappa shape index (κ2) is 24.8. The number of rotatable bonds is 15. The van der Waals surface area contributed by atoms with E-state index in [2.05, 4.69) is 32.1 Å². The Bertz CT molecular complexity index is 2940. The molecule has 2 saturated heterocycles. The smallest absolute Gasteiger partial charge is 0.391 e. The Kier molecular flexibility index (Phi) is 18.7. The zero-order chi connectivity index (χ0) is 52.0. The number of aliphatic hydroxyl groups excluding tert-OH is 1. The molecule has 2 atom stereocenters. The van der Waals surface area contributed by atoms with Crippen LogP contribution in [0.2, 0.25) is 0 Å². The molecular formula is C51H46F6N8O5S2. The van der Waals surface area contributed by atoms with E-state index in [4.69, 9.17) is 20.1 Å².